The Morgan fingerprint density at radius 2 is 2.10 bits per heavy atom. The zero-order chi connectivity index (χ0) is 15.3. The normalized spacial score (nSPS) is 11.5. The molecular formula is C14H17NO5S. The maximum absolute atomic E-state index is 11.9. The van der Waals surface area contributed by atoms with Gasteiger partial charge in [0.25, 0.3) is 10.0 Å². The molecule has 0 amide bonds. The second-order valence-corrected chi connectivity index (χ2v) is 6.14. The predicted molar refractivity (Wildman–Crippen MR) is 76.5 cm³/mol. The van der Waals surface area contributed by atoms with Crippen LogP contribution in [0.25, 0.3) is 0 Å². The SMILES string of the molecule is Cc1cccc(OCCNS(=O)(=O)c2ccc(CO)o2)c1. The van der Waals surface area contributed by atoms with E-state index < -0.39 is 10.0 Å². The van der Waals surface area contributed by atoms with Gasteiger partial charge in [-0.05, 0) is 36.8 Å². The largest absolute Gasteiger partial charge is 0.492 e. The third-order valence-corrected chi connectivity index (χ3v) is 4.04. The quantitative estimate of drug-likeness (QED) is 0.755. The summed E-state index contributed by atoms with van der Waals surface area (Å²) in [6.07, 6.45) is 0. The molecular weight excluding hydrogens is 294 g/mol. The molecule has 0 fully saturated rings. The van der Waals surface area contributed by atoms with Gasteiger partial charge in [-0.25, -0.2) is 13.1 Å². The maximum Gasteiger partial charge on any atom is 0.274 e. The van der Waals surface area contributed by atoms with Crippen LogP contribution < -0.4 is 9.46 Å². The van der Waals surface area contributed by atoms with Crippen LogP contribution in [0.2, 0.25) is 0 Å². The van der Waals surface area contributed by atoms with Crippen molar-refractivity contribution in [2.45, 2.75) is 18.6 Å². The summed E-state index contributed by atoms with van der Waals surface area (Å²) in [5, 5.41) is 8.63. The number of sulfonamides is 1. The van der Waals surface area contributed by atoms with Gasteiger partial charge in [-0.15, -0.1) is 0 Å². The molecule has 0 saturated heterocycles. The maximum atomic E-state index is 11.9. The third-order valence-electron chi connectivity index (χ3n) is 2.71. The lowest BCUT2D eigenvalue weighted by molar-refractivity contribution is 0.236. The molecule has 0 spiro atoms. The van der Waals surface area contributed by atoms with Crippen molar-refractivity contribution < 1.29 is 22.7 Å². The summed E-state index contributed by atoms with van der Waals surface area (Å²) in [6, 6.07) is 10.2. The summed E-state index contributed by atoms with van der Waals surface area (Å²) in [5.41, 5.74) is 1.07. The second kappa shape index (κ2) is 6.75. The van der Waals surface area contributed by atoms with E-state index in [0.717, 1.165) is 5.56 Å². The monoisotopic (exact) mass is 311 g/mol. The molecule has 1 aromatic heterocycles. The van der Waals surface area contributed by atoms with Gasteiger partial charge in [0.2, 0.25) is 5.09 Å². The second-order valence-electron chi connectivity index (χ2n) is 4.44. The molecule has 21 heavy (non-hydrogen) atoms. The van der Waals surface area contributed by atoms with Crippen molar-refractivity contribution in [3.63, 3.8) is 0 Å². The van der Waals surface area contributed by atoms with Gasteiger partial charge in [0.1, 0.15) is 24.7 Å². The van der Waals surface area contributed by atoms with E-state index in [1.165, 1.54) is 12.1 Å². The van der Waals surface area contributed by atoms with E-state index in [2.05, 4.69) is 4.72 Å². The third kappa shape index (κ3) is 4.32. The Hall–Kier alpha value is -1.83. The van der Waals surface area contributed by atoms with E-state index in [-0.39, 0.29) is 30.6 Å². The Bertz CT molecular complexity index is 693. The average Bonchev–Trinajstić information content (AvgIpc) is 2.93. The van der Waals surface area contributed by atoms with E-state index in [4.69, 9.17) is 14.3 Å². The molecule has 2 aromatic rings. The molecule has 0 atom stereocenters. The van der Waals surface area contributed by atoms with Crippen molar-refractivity contribution in [1.29, 1.82) is 0 Å². The summed E-state index contributed by atoms with van der Waals surface area (Å²) < 4.78 is 36.6. The lowest BCUT2D eigenvalue weighted by Gasteiger charge is -2.07. The minimum atomic E-state index is -3.72. The van der Waals surface area contributed by atoms with Crippen LogP contribution in [0.1, 0.15) is 11.3 Å². The summed E-state index contributed by atoms with van der Waals surface area (Å²) in [7, 11) is -3.72. The van der Waals surface area contributed by atoms with Gasteiger partial charge >= 0.3 is 0 Å². The minimum Gasteiger partial charge on any atom is -0.492 e. The molecule has 0 bridgehead atoms. The predicted octanol–water partition coefficient (Wildman–Crippen LogP) is 1.44. The van der Waals surface area contributed by atoms with Gasteiger partial charge in [0, 0.05) is 6.54 Å². The van der Waals surface area contributed by atoms with E-state index in [1.54, 1.807) is 0 Å². The van der Waals surface area contributed by atoms with Gasteiger partial charge < -0.3 is 14.3 Å². The Morgan fingerprint density at radius 3 is 2.76 bits per heavy atom. The molecule has 2 rings (SSSR count). The number of aliphatic hydroxyl groups is 1. The van der Waals surface area contributed by atoms with Gasteiger partial charge in [-0.1, -0.05) is 12.1 Å². The highest BCUT2D eigenvalue weighted by Gasteiger charge is 2.17. The molecule has 7 heteroatoms. The summed E-state index contributed by atoms with van der Waals surface area (Å²) in [5.74, 6) is 0.890. The van der Waals surface area contributed by atoms with Crippen LogP contribution >= 0.6 is 0 Å². The number of benzene rings is 1. The molecule has 114 valence electrons. The molecule has 2 N–H and O–H groups in total. The number of ether oxygens (including phenoxy) is 1. The molecule has 0 aliphatic carbocycles. The van der Waals surface area contributed by atoms with Crippen molar-refractivity contribution in [1.82, 2.24) is 4.72 Å². The van der Waals surface area contributed by atoms with Gasteiger partial charge in [-0.2, -0.15) is 0 Å². The van der Waals surface area contributed by atoms with Crippen molar-refractivity contribution in [3.8, 4) is 5.75 Å². The Kier molecular flexibility index (Phi) is 5.00. The van der Waals surface area contributed by atoms with Crippen molar-refractivity contribution in [2.75, 3.05) is 13.2 Å². The Balaban J connectivity index is 1.85. The summed E-state index contributed by atoms with van der Waals surface area (Å²) in [6.45, 7) is 1.93. The standard InChI is InChI=1S/C14H17NO5S/c1-11-3-2-4-12(9-11)19-8-7-15-21(17,18)14-6-5-13(10-16)20-14/h2-6,9,15-16H,7-8,10H2,1H3. The smallest absolute Gasteiger partial charge is 0.274 e. The molecule has 0 unspecified atom stereocenters. The van der Waals surface area contributed by atoms with Gasteiger partial charge in [0.05, 0.1) is 0 Å². The lowest BCUT2D eigenvalue weighted by atomic mass is 10.2. The molecule has 0 saturated carbocycles. The van der Waals surface area contributed by atoms with E-state index >= 15 is 0 Å². The van der Waals surface area contributed by atoms with Crippen molar-refractivity contribution in [2.24, 2.45) is 0 Å². The lowest BCUT2D eigenvalue weighted by Crippen LogP contribution is -2.28. The molecule has 1 heterocycles. The first-order valence-electron chi connectivity index (χ1n) is 6.40. The van der Waals surface area contributed by atoms with Gasteiger partial charge in [-0.3, -0.25) is 0 Å². The van der Waals surface area contributed by atoms with Crippen molar-refractivity contribution >= 4 is 10.0 Å². The van der Waals surface area contributed by atoms with Crippen LogP contribution in [0.4, 0.5) is 0 Å². The highest BCUT2D eigenvalue weighted by atomic mass is 32.2. The minimum absolute atomic E-state index is 0.117. The van der Waals surface area contributed by atoms with Gasteiger partial charge in [0.15, 0.2) is 0 Å². The van der Waals surface area contributed by atoms with Crippen LogP contribution in [-0.4, -0.2) is 26.7 Å². The molecule has 6 nitrogen and oxygen atoms in total. The number of hydrogen-bond donors (Lipinski definition) is 2. The first kappa shape index (κ1) is 15.6. The first-order valence-corrected chi connectivity index (χ1v) is 7.88. The highest BCUT2D eigenvalue weighted by Crippen LogP contribution is 2.14. The fourth-order valence-corrected chi connectivity index (χ4v) is 2.67. The van der Waals surface area contributed by atoms with Crippen LogP contribution in [0.15, 0.2) is 45.9 Å². The van der Waals surface area contributed by atoms with Crippen LogP contribution in [0, 0.1) is 6.92 Å². The Labute approximate surface area is 123 Å². The van der Waals surface area contributed by atoms with E-state index in [9.17, 15) is 8.42 Å². The fourth-order valence-electron chi connectivity index (χ4n) is 1.71. The molecule has 0 radical (unpaired) electrons. The number of aryl methyl sites for hydroxylation is 1. The number of aliphatic hydroxyl groups excluding tert-OH is 1. The molecule has 0 aliphatic heterocycles. The summed E-state index contributed by atoms with van der Waals surface area (Å²) in [4.78, 5) is 0. The van der Waals surface area contributed by atoms with E-state index in [0.29, 0.717) is 5.75 Å². The van der Waals surface area contributed by atoms with Crippen LogP contribution in [-0.2, 0) is 16.6 Å². The first-order chi connectivity index (χ1) is 10.0. The highest BCUT2D eigenvalue weighted by molar-refractivity contribution is 7.89. The molecule has 1 aromatic carbocycles. The number of rotatable bonds is 7. The van der Waals surface area contributed by atoms with Crippen LogP contribution in [0.3, 0.4) is 0 Å². The number of furan rings is 1. The summed E-state index contributed by atoms with van der Waals surface area (Å²) >= 11 is 0. The van der Waals surface area contributed by atoms with E-state index in [1.807, 2.05) is 31.2 Å². The number of nitrogens with one attached hydrogen (secondary N) is 1. The average molecular weight is 311 g/mol. The topological polar surface area (TPSA) is 88.8 Å². The number of hydrogen-bond acceptors (Lipinski definition) is 5. The molecule has 0 aliphatic rings. The van der Waals surface area contributed by atoms with Crippen LogP contribution in [0.5, 0.6) is 5.75 Å². The Morgan fingerprint density at radius 1 is 1.29 bits per heavy atom. The zero-order valence-electron chi connectivity index (χ0n) is 11.6. The zero-order valence-corrected chi connectivity index (χ0v) is 12.4. The van der Waals surface area contributed by atoms with Crippen molar-refractivity contribution in [3.05, 3.63) is 47.7 Å². The fraction of sp³-hybridized carbons (Fsp3) is 0.286.